The van der Waals surface area contributed by atoms with Crippen molar-refractivity contribution in [3.05, 3.63) is 80.5 Å². The monoisotopic (exact) mass is 474 g/mol. The van der Waals surface area contributed by atoms with E-state index in [1.807, 2.05) is 18.4 Å². The molecule has 34 heavy (non-hydrogen) atoms. The van der Waals surface area contributed by atoms with Crippen LogP contribution in [-0.2, 0) is 19.5 Å². The molecule has 0 atom stereocenters. The molecule has 0 unspecified atom stereocenters. The van der Waals surface area contributed by atoms with Crippen molar-refractivity contribution in [3.8, 4) is 0 Å². The Morgan fingerprint density at radius 3 is 2.79 bits per heavy atom. The number of carbonyl (C=O) groups excluding carboxylic acids is 2. The van der Waals surface area contributed by atoms with E-state index in [2.05, 4.69) is 20.3 Å². The largest absolute Gasteiger partial charge is 0.333 e. The molecule has 5 rings (SSSR count). The van der Waals surface area contributed by atoms with Gasteiger partial charge in [-0.05, 0) is 38.1 Å². The second kappa shape index (κ2) is 8.79. The molecular formula is C24H22N6O3S. The first-order valence-electron chi connectivity index (χ1n) is 11.0. The summed E-state index contributed by atoms with van der Waals surface area (Å²) in [6.07, 6.45) is 3.72. The van der Waals surface area contributed by atoms with Crippen LogP contribution in [-0.4, -0.2) is 42.8 Å². The fourth-order valence-corrected chi connectivity index (χ4v) is 5.02. The highest BCUT2D eigenvalue weighted by molar-refractivity contribution is 7.15. The van der Waals surface area contributed by atoms with Crippen LogP contribution < -0.4 is 10.7 Å². The van der Waals surface area contributed by atoms with Crippen molar-refractivity contribution in [2.45, 2.75) is 33.4 Å². The molecule has 0 radical (unpaired) electrons. The van der Waals surface area contributed by atoms with E-state index in [0.717, 1.165) is 16.3 Å². The topological polar surface area (TPSA) is 110 Å². The predicted octanol–water partition coefficient (Wildman–Crippen LogP) is 3.03. The van der Waals surface area contributed by atoms with Crippen LogP contribution in [0.4, 0.5) is 5.13 Å². The van der Waals surface area contributed by atoms with Gasteiger partial charge in [0, 0.05) is 42.5 Å². The molecule has 10 heteroatoms. The molecule has 2 amide bonds. The summed E-state index contributed by atoms with van der Waals surface area (Å²) in [4.78, 5) is 54.5. The number of aryl methyl sites for hydroxylation is 2. The molecule has 0 saturated heterocycles. The molecule has 1 aliphatic rings. The maximum absolute atomic E-state index is 13.4. The Balaban J connectivity index is 1.39. The summed E-state index contributed by atoms with van der Waals surface area (Å²) in [5.41, 5.74) is 2.39. The van der Waals surface area contributed by atoms with Crippen LogP contribution in [0.5, 0.6) is 0 Å². The highest BCUT2D eigenvalue weighted by Gasteiger charge is 2.28. The number of hydrogen-bond donors (Lipinski definition) is 1. The molecule has 5 heterocycles. The first-order chi connectivity index (χ1) is 16.4. The van der Waals surface area contributed by atoms with Gasteiger partial charge in [-0.15, -0.1) is 0 Å². The zero-order chi connectivity index (χ0) is 23.8. The van der Waals surface area contributed by atoms with Crippen molar-refractivity contribution >= 4 is 39.3 Å². The Morgan fingerprint density at radius 1 is 1.18 bits per heavy atom. The minimum absolute atomic E-state index is 0.136. The highest BCUT2D eigenvalue weighted by atomic mass is 32.1. The summed E-state index contributed by atoms with van der Waals surface area (Å²) < 4.78 is 1.84. The van der Waals surface area contributed by atoms with E-state index in [0.29, 0.717) is 47.9 Å². The number of hydrogen-bond acceptors (Lipinski definition) is 7. The summed E-state index contributed by atoms with van der Waals surface area (Å²) in [6, 6.07) is 8.63. The third kappa shape index (κ3) is 3.96. The number of fused-ring (bicyclic) bond motifs is 2. The van der Waals surface area contributed by atoms with Gasteiger partial charge in [0.15, 0.2) is 5.13 Å². The third-order valence-electron chi connectivity index (χ3n) is 5.77. The maximum Gasteiger partial charge on any atom is 0.276 e. The van der Waals surface area contributed by atoms with E-state index in [1.54, 1.807) is 47.6 Å². The van der Waals surface area contributed by atoms with Crippen molar-refractivity contribution in [2.75, 3.05) is 11.9 Å². The van der Waals surface area contributed by atoms with Gasteiger partial charge in [0.2, 0.25) is 5.43 Å². The van der Waals surface area contributed by atoms with Crippen molar-refractivity contribution < 1.29 is 9.59 Å². The molecule has 4 aromatic heterocycles. The molecule has 9 nitrogen and oxygen atoms in total. The molecule has 0 aliphatic carbocycles. The van der Waals surface area contributed by atoms with E-state index in [1.165, 1.54) is 11.3 Å². The third-order valence-corrected chi connectivity index (χ3v) is 6.77. The molecular weight excluding hydrogens is 452 g/mol. The molecule has 1 N–H and O–H groups in total. The summed E-state index contributed by atoms with van der Waals surface area (Å²) >= 11 is 1.33. The normalized spacial score (nSPS) is 13.1. The summed E-state index contributed by atoms with van der Waals surface area (Å²) in [5.74, 6) is -0.646. The Bertz CT molecular complexity index is 1480. The van der Waals surface area contributed by atoms with E-state index >= 15 is 0 Å². The Morgan fingerprint density at radius 2 is 2.03 bits per heavy atom. The van der Waals surface area contributed by atoms with Crippen LogP contribution >= 0.6 is 11.3 Å². The van der Waals surface area contributed by atoms with Crippen LogP contribution in [0.2, 0.25) is 0 Å². The molecule has 0 aromatic carbocycles. The number of aromatic nitrogens is 4. The van der Waals surface area contributed by atoms with Crippen LogP contribution in [0.15, 0.2) is 47.5 Å². The van der Waals surface area contributed by atoms with Gasteiger partial charge >= 0.3 is 0 Å². The lowest BCUT2D eigenvalue weighted by Gasteiger charge is -2.26. The second-order valence-corrected chi connectivity index (χ2v) is 9.10. The zero-order valence-corrected chi connectivity index (χ0v) is 19.6. The molecule has 172 valence electrons. The SMILES string of the molecule is CCn1cc(C(=O)N2CCc3nc(NC(=O)c4ccccn4)sc3C2)c(=O)c2ccc(C)nc21. The van der Waals surface area contributed by atoms with E-state index < -0.39 is 0 Å². The first kappa shape index (κ1) is 21.9. The maximum atomic E-state index is 13.4. The van der Waals surface area contributed by atoms with Gasteiger partial charge in [-0.2, -0.15) is 0 Å². The number of pyridine rings is 3. The molecule has 0 fully saturated rings. The van der Waals surface area contributed by atoms with Gasteiger partial charge in [0.05, 0.1) is 17.6 Å². The second-order valence-electron chi connectivity index (χ2n) is 8.02. The lowest BCUT2D eigenvalue weighted by Crippen LogP contribution is -2.38. The molecule has 0 spiro atoms. The van der Waals surface area contributed by atoms with Crippen LogP contribution in [0.25, 0.3) is 11.0 Å². The smallest absolute Gasteiger partial charge is 0.276 e. The average molecular weight is 475 g/mol. The van der Waals surface area contributed by atoms with Crippen molar-refractivity contribution in [1.29, 1.82) is 0 Å². The quantitative estimate of drug-likeness (QED) is 0.487. The Kier molecular flexibility index (Phi) is 5.66. The van der Waals surface area contributed by atoms with Crippen molar-refractivity contribution in [3.63, 3.8) is 0 Å². The average Bonchev–Trinajstić information content (AvgIpc) is 3.25. The number of carbonyl (C=O) groups is 2. The number of amides is 2. The fourth-order valence-electron chi connectivity index (χ4n) is 4.00. The Hall–Kier alpha value is -3.92. The zero-order valence-electron chi connectivity index (χ0n) is 18.7. The summed E-state index contributed by atoms with van der Waals surface area (Å²) in [7, 11) is 0. The van der Waals surface area contributed by atoms with Crippen molar-refractivity contribution in [1.82, 2.24) is 24.4 Å². The number of nitrogens with one attached hydrogen (secondary N) is 1. The molecule has 0 bridgehead atoms. The van der Waals surface area contributed by atoms with Crippen LogP contribution in [0.1, 0.15) is 44.0 Å². The number of thiazole rings is 1. The van der Waals surface area contributed by atoms with Crippen molar-refractivity contribution in [2.24, 2.45) is 0 Å². The van der Waals surface area contributed by atoms with E-state index in [-0.39, 0.29) is 22.8 Å². The lowest BCUT2D eigenvalue weighted by atomic mass is 10.1. The van der Waals surface area contributed by atoms with Gasteiger partial charge in [-0.25, -0.2) is 9.97 Å². The minimum atomic E-state index is -0.334. The Labute approximate surface area is 199 Å². The molecule has 1 aliphatic heterocycles. The van der Waals surface area contributed by atoms with Gasteiger partial charge in [-0.3, -0.25) is 24.7 Å². The fraction of sp³-hybridized carbons (Fsp3) is 0.250. The summed E-state index contributed by atoms with van der Waals surface area (Å²) in [6.45, 7) is 5.19. The number of nitrogens with zero attached hydrogens (tertiary/aromatic N) is 5. The first-order valence-corrected chi connectivity index (χ1v) is 11.8. The predicted molar refractivity (Wildman–Crippen MR) is 129 cm³/mol. The standard InChI is InChI=1S/C24H22N6O3S/c1-3-29-12-16(20(31)15-8-7-14(2)26-21(15)29)23(33)30-11-9-17-19(13-30)34-24(27-17)28-22(32)18-6-4-5-10-25-18/h4-8,10,12H,3,9,11,13H2,1-2H3,(H,27,28,32). The molecule has 4 aromatic rings. The number of anilines is 1. The van der Waals surface area contributed by atoms with Gasteiger partial charge in [0.25, 0.3) is 11.8 Å². The van der Waals surface area contributed by atoms with E-state index in [4.69, 9.17) is 0 Å². The summed E-state index contributed by atoms with van der Waals surface area (Å²) in [5, 5.41) is 3.69. The lowest BCUT2D eigenvalue weighted by molar-refractivity contribution is 0.0734. The highest BCUT2D eigenvalue weighted by Crippen LogP contribution is 2.29. The van der Waals surface area contributed by atoms with Gasteiger partial charge < -0.3 is 9.47 Å². The molecule has 0 saturated carbocycles. The van der Waals surface area contributed by atoms with Crippen LogP contribution in [0.3, 0.4) is 0 Å². The minimum Gasteiger partial charge on any atom is -0.333 e. The van der Waals surface area contributed by atoms with E-state index in [9.17, 15) is 14.4 Å². The van der Waals surface area contributed by atoms with Crippen LogP contribution in [0, 0.1) is 6.92 Å². The number of rotatable bonds is 4. The van der Waals surface area contributed by atoms with Gasteiger partial charge in [-0.1, -0.05) is 17.4 Å². The van der Waals surface area contributed by atoms with Gasteiger partial charge in [0.1, 0.15) is 16.9 Å².